The van der Waals surface area contributed by atoms with E-state index >= 15 is 0 Å². The van der Waals surface area contributed by atoms with E-state index < -0.39 is 0 Å². The molecule has 6 heteroatoms. The minimum absolute atomic E-state index is 0.288. The third-order valence-corrected chi connectivity index (χ3v) is 4.64. The van der Waals surface area contributed by atoms with Crippen LogP contribution in [0.15, 0.2) is 30.3 Å². The van der Waals surface area contributed by atoms with Crippen LogP contribution in [0.5, 0.6) is 0 Å². The lowest BCUT2D eigenvalue weighted by atomic mass is 10.1. The maximum absolute atomic E-state index is 6.18. The molecule has 1 aliphatic carbocycles. The Balaban J connectivity index is 1.55. The van der Waals surface area contributed by atoms with E-state index in [-0.39, 0.29) is 5.95 Å². The Morgan fingerprint density at radius 3 is 2.17 bits per heavy atom. The lowest BCUT2D eigenvalue weighted by molar-refractivity contribution is 0.649. The number of benzene rings is 1. The van der Waals surface area contributed by atoms with Gasteiger partial charge in [0.2, 0.25) is 5.95 Å². The number of hydrogen-bond donors (Lipinski definition) is 2. The van der Waals surface area contributed by atoms with Crippen molar-refractivity contribution < 1.29 is 0 Å². The second kappa shape index (κ2) is 5.61. The molecule has 2 aliphatic rings. The number of aromatic nitrogens is 2. The summed E-state index contributed by atoms with van der Waals surface area (Å²) in [6, 6.07) is 10.5. The van der Waals surface area contributed by atoms with Gasteiger partial charge in [-0.05, 0) is 25.0 Å². The van der Waals surface area contributed by atoms with Crippen LogP contribution in [-0.4, -0.2) is 36.1 Å². The summed E-state index contributed by atoms with van der Waals surface area (Å²) in [6.45, 7) is 3.79. The van der Waals surface area contributed by atoms with Crippen molar-refractivity contribution in [1.82, 2.24) is 9.97 Å². The van der Waals surface area contributed by atoms with Gasteiger partial charge in [0, 0.05) is 37.8 Å². The Hall–Kier alpha value is -2.50. The van der Waals surface area contributed by atoms with Crippen molar-refractivity contribution in [2.24, 2.45) is 0 Å². The van der Waals surface area contributed by atoms with E-state index in [0.29, 0.717) is 11.7 Å². The van der Waals surface area contributed by atoms with Crippen molar-refractivity contribution in [1.29, 1.82) is 0 Å². The molecule has 0 spiro atoms. The molecule has 1 saturated carbocycles. The lowest BCUT2D eigenvalue weighted by Crippen LogP contribution is -2.47. The van der Waals surface area contributed by atoms with Gasteiger partial charge in [-0.3, -0.25) is 0 Å². The van der Waals surface area contributed by atoms with E-state index in [1.54, 1.807) is 0 Å². The molecule has 1 saturated heterocycles. The Labute approximate surface area is 136 Å². The lowest BCUT2D eigenvalue weighted by Gasteiger charge is -2.38. The number of nitrogens with two attached hydrogens (primary N) is 2. The second-order valence-electron chi connectivity index (χ2n) is 6.28. The topological polar surface area (TPSA) is 84.3 Å². The van der Waals surface area contributed by atoms with Crippen molar-refractivity contribution >= 4 is 23.1 Å². The minimum Gasteiger partial charge on any atom is -0.382 e. The molecule has 6 nitrogen and oxygen atoms in total. The molecular weight excluding hydrogens is 288 g/mol. The van der Waals surface area contributed by atoms with Gasteiger partial charge < -0.3 is 21.3 Å². The first-order chi connectivity index (χ1) is 11.2. The largest absolute Gasteiger partial charge is 0.382 e. The third kappa shape index (κ3) is 2.76. The third-order valence-electron chi connectivity index (χ3n) is 4.64. The molecule has 0 atom stereocenters. The maximum atomic E-state index is 6.18. The Morgan fingerprint density at radius 2 is 1.52 bits per heavy atom. The molecule has 2 aromatic rings. The fourth-order valence-corrected chi connectivity index (χ4v) is 3.30. The van der Waals surface area contributed by atoms with Crippen molar-refractivity contribution in [2.75, 3.05) is 47.4 Å². The van der Waals surface area contributed by atoms with E-state index in [4.69, 9.17) is 11.5 Å². The molecule has 4 N–H and O–H groups in total. The van der Waals surface area contributed by atoms with E-state index in [0.717, 1.165) is 37.6 Å². The predicted octanol–water partition coefficient (Wildman–Crippen LogP) is 1.84. The van der Waals surface area contributed by atoms with Gasteiger partial charge in [-0.1, -0.05) is 18.2 Å². The zero-order valence-electron chi connectivity index (χ0n) is 13.2. The Kier molecular flexibility index (Phi) is 3.44. The van der Waals surface area contributed by atoms with Crippen molar-refractivity contribution in [2.45, 2.75) is 18.8 Å². The van der Waals surface area contributed by atoms with Gasteiger partial charge in [0.15, 0.2) is 5.82 Å². The molecular formula is C17H22N6. The molecule has 23 heavy (non-hydrogen) atoms. The minimum atomic E-state index is 0.288. The van der Waals surface area contributed by atoms with Crippen LogP contribution < -0.4 is 21.3 Å². The average Bonchev–Trinajstić information content (AvgIpc) is 3.40. The van der Waals surface area contributed by atoms with Gasteiger partial charge in [0.1, 0.15) is 5.69 Å². The highest BCUT2D eigenvalue weighted by molar-refractivity contribution is 5.70. The van der Waals surface area contributed by atoms with Crippen LogP contribution in [-0.2, 0) is 0 Å². The standard InChI is InChI=1S/C17H22N6/c18-16-15(14(12-6-7-12)20-17(19)21-16)23-10-8-22(9-11-23)13-4-2-1-3-5-13/h1-5,12H,6-11H2,(H4,18,19,20,21). The SMILES string of the molecule is Nc1nc(N)c(N2CCN(c3ccccc3)CC2)c(C2CC2)n1. The summed E-state index contributed by atoms with van der Waals surface area (Å²) in [6.07, 6.45) is 2.35. The number of hydrogen-bond acceptors (Lipinski definition) is 6. The van der Waals surface area contributed by atoms with E-state index in [9.17, 15) is 0 Å². The highest BCUT2D eigenvalue weighted by atomic mass is 15.3. The van der Waals surface area contributed by atoms with Crippen LogP contribution in [0.2, 0.25) is 0 Å². The summed E-state index contributed by atoms with van der Waals surface area (Å²) >= 11 is 0. The van der Waals surface area contributed by atoms with Crippen LogP contribution >= 0.6 is 0 Å². The number of anilines is 4. The first-order valence-electron chi connectivity index (χ1n) is 8.20. The summed E-state index contributed by atoms with van der Waals surface area (Å²) in [5.41, 5.74) is 15.3. The van der Waals surface area contributed by atoms with Crippen molar-refractivity contribution in [3.8, 4) is 0 Å². The van der Waals surface area contributed by atoms with Crippen molar-refractivity contribution in [3.63, 3.8) is 0 Å². The number of piperazine rings is 1. The average molecular weight is 310 g/mol. The van der Waals surface area contributed by atoms with Gasteiger partial charge in [0.05, 0.1) is 5.69 Å². The van der Waals surface area contributed by atoms with Crippen LogP contribution in [0.1, 0.15) is 24.5 Å². The molecule has 1 aromatic carbocycles. The highest BCUT2D eigenvalue weighted by Crippen LogP contribution is 2.45. The monoisotopic (exact) mass is 310 g/mol. The summed E-state index contributed by atoms with van der Waals surface area (Å²) in [5.74, 6) is 1.31. The van der Waals surface area contributed by atoms with E-state index in [1.807, 2.05) is 6.07 Å². The summed E-state index contributed by atoms with van der Waals surface area (Å²) in [7, 11) is 0. The summed E-state index contributed by atoms with van der Waals surface area (Å²) in [5, 5.41) is 0. The van der Waals surface area contributed by atoms with Crippen LogP contribution in [0.4, 0.5) is 23.1 Å². The van der Waals surface area contributed by atoms with Gasteiger partial charge >= 0.3 is 0 Å². The zero-order chi connectivity index (χ0) is 15.8. The summed E-state index contributed by atoms with van der Waals surface area (Å²) < 4.78 is 0. The molecule has 1 aromatic heterocycles. The predicted molar refractivity (Wildman–Crippen MR) is 93.7 cm³/mol. The fraction of sp³-hybridized carbons (Fsp3) is 0.412. The first-order valence-corrected chi connectivity index (χ1v) is 8.20. The molecule has 2 fully saturated rings. The van der Waals surface area contributed by atoms with Crippen LogP contribution in [0, 0.1) is 0 Å². The van der Waals surface area contributed by atoms with Crippen LogP contribution in [0.3, 0.4) is 0 Å². The van der Waals surface area contributed by atoms with Crippen molar-refractivity contribution in [3.05, 3.63) is 36.0 Å². The smallest absolute Gasteiger partial charge is 0.222 e. The molecule has 0 radical (unpaired) electrons. The number of rotatable bonds is 3. The molecule has 2 heterocycles. The van der Waals surface area contributed by atoms with Gasteiger partial charge in [-0.15, -0.1) is 0 Å². The Bertz CT molecular complexity index is 690. The normalized spacial score (nSPS) is 18.3. The molecule has 0 unspecified atom stereocenters. The molecule has 0 bridgehead atoms. The zero-order valence-corrected chi connectivity index (χ0v) is 13.2. The second-order valence-corrected chi connectivity index (χ2v) is 6.28. The number of nitrogen functional groups attached to an aromatic ring is 2. The molecule has 120 valence electrons. The van der Waals surface area contributed by atoms with Gasteiger partial charge in [0.25, 0.3) is 0 Å². The van der Waals surface area contributed by atoms with Gasteiger partial charge in [-0.2, -0.15) is 4.98 Å². The maximum Gasteiger partial charge on any atom is 0.222 e. The van der Waals surface area contributed by atoms with E-state index in [2.05, 4.69) is 44.0 Å². The number of nitrogens with zero attached hydrogens (tertiary/aromatic N) is 4. The molecule has 0 amide bonds. The van der Waals surface area contributed by atoms with Crippen LogP contribution in [0.25, 0.3) is 0 Å². The quantitative estimate of drug-likeness (QED) is 0.900. The molecule has 4 rings (SSSR count). The first kappa shape index (κ1) is 14.1. The highest BCUT2D eigenvalue weighted by Gasteiger charge is 2.32. The number of para-hydroxylation sites is 1. The molecule has 1 aliphatic heterocycles. The van der Waals surface area contributed by atoms with Gasteiger partial charge in [-0.25, -0.2) is 4.98 Å². The fourth-order valence-electron chi connectivity index (χ4n) is 3.30. The summed E-state index contributed by atoms with van der Waals surface area (Å²) in [4.78, 5) is 13.4. The Morgan fingerprint density at radius 1 is 0.870 bits per heavy atom. The van der Waals surface area contributed by atoms with E-state index in [1.165, 1.54) is 18.5 Å².